The van der Waals surface area contributed by atoms with Crippen LogP contribution in [0.2, 0.25) is 0 Å². The third-order valence-electron chi connectivity index (χ3n) is 2.98. The van der Waals surface area contributed by atoms with Gasteiger partial charge < -0.3 is 9.30 Å². The van der Waals surface area contributed by atoms with E-state index >= 15 is 0 Å². The van der Waals surface area contributed by atoms with E-state index in [4.69, 9.17) is 4.74 Å². The van der Waals surface area contributed by atoms with Crippen molar-refractivity contribution < 1.29 is 9.53 Å². The Hall–Kier alpha value is -2.10. The standard InChI is InChI=1S/C15H18N2O2/c1-3-5-15-16-8-9-17(15)11-14(18)12-6-4-7-13(10-12)19-2/h4,6-10H,3,5,11H2,1-2H3. The van der Waals surface area contributed by atoms with Crippen molar-refractivity contribution >= 4 is 5.78 Å². The molecule has 19 heavy (non-hydrogen) atoms. The van der Waals surface area contributed by atoms with Crippen LogP contribution in [-0.2, 0) is 13.0 Å². The summed E-state index contributed by atoms with van der Waals surface area (Å²) in [6, 6.07) is 7.23. The first-order chi connectivity index (χ1) is 9.24. The number of nitrogens with zero attached hydrogens (tertiary/aromatic N) is 2. The molecule has 4 nitrogen and oxygen atoms in total. The molecule has 0 spiro atoms. The van der Waals surface area contributed by atoms with E-state index < -0.39 is 0 Å². The number of imidazole rings is 1. The number of ether oxygens (including phenoxy) is 1. The molecule has 1 heterocycles. The van der Waals surface area contributed by atoms with E-state index in [2.05, 4.69) is 11.9 Å². The fourth-order valence-corrected chi connectivity index (χ4v) is 1.98. The van der Waals surface area contributed by atoms with E-state index in [1.165, 1.54) is 0 Å². The van der Waals surface area contributed by atoms with Gasteiger partial charge in [0, 0.05) is 24.4 Å². The van der Waals surface area contributed by atoms with Gasteiger partial charge in [0.1, 0.15) is 11.6 Å². The number of rotatable bonds is 6. The van der Waals surface area contributed by atoms with Crippen LogP contribution in [0.4, 0.5) is 0 Å². The molecule has 0 bridgehead atoms. The SMILES string of the molecule is CCCc1nccn1CC(=O)c1cccc(OC)c1. The maximum Gasteiger partial charge on any atom is 0.182 e. The first-order valence-corrected chi connectivity index (χ1v) is 6.42. The first kappa shape index (κ1) is 13.3. The maximum atomic E-state index is 12.2. The molecule has 2 aromatic rings. The number of hydrogen-bond acceptors (Lipinski definition) is 3. The predicted molar refractivity (Wildman–Crippen MR) is 73.5 cm³/mol. The Morgan fingerprint density at radius 1 is 1.42 bits per heavy atom. The van der Waals surface area contributed by atoms with Crippen LogP contribution in [0.5, 0.6) is 5.75 Å². The molecule has 0 aliphatic carbocycles. The minimum absolute atomic E-state index is 0.0641. The Morgan fingerprint density at radius 2 is 2.26 bits per heavy atom. The van der Waals surface area contributed by atoms with Crippen LogP contribution < -0.4 is 4.74 Å². The van der Waals surface area contributed by atoms with Gasteiger partial charge in [-0.15, -0.1) is 0 Å². The summed E-state index contributed by atoms with van der Waals surface area (Å²) in [4.78, 5) is 16.5. The maximum absolute atomic E-state index is 12.2. The normalized spacial score (nSPS) is 10.4. The zero-order chi connectivity index (χ0) is 13.7. The average molecular weight is 258 g/mol. The minimum Gasteiger partial charge on any atom is -0.497 e. The Kier molecular flexibility index (Phi) is 4.34. The number of carbonyl (C=O) groups is 1. The molecule has 0 unspecified atom stereocenters. The van der Waals surface area contributed by atoms with Crippen LogP contribution in [-0.4, -0.2) is 22.4 Å². The van der Waals surface area contributed by atoms with E-state index in [1.807, 2.05) is 22.9 Å². The van der Waals surface area contributed by atoms with E-state index in [0.717, 1.165) is 18.7 Å². The number of benzene rings is 1. The van der Waals surface area contributed by atoms with Crippen LogP contribution >= 0.6 is 0 Å². The summed E-state index contributed by atoms with van der Waals surface area (Å²) in [5, 5.41) is 0. The van der Waals surface area contributed by atoms with Crippen LogP contribution in [0.1, 0.15) is 29.5 Å². The average Bonchev–Trinajstić information content (AvgIpc) is 2.86. The molecule has 1 aromatic carbocycles. The molecular weight excluding hydrogens is 240 g/mol. The highest BCUT2D eigenvalue weighted by molar-refractivity contribution is 5.96. The van der Waals surface area contributed by atoms with Crippen LogP contribution in [0.3, 0.4) is 0 Å². The predicted octanol–water partition coefficient (Wildman–Crippen LogP) is 2.73. The van der Waals surface area contributed by atoms with E-state index in [0.29, 0.717) is 17.9 Å². The highest BCUT2D eigenvalue weighted by atomic mass is 16.5. The molecular formula is C15H18N2O2. The second-order valence-electron chi connectivity index (χ2n) is 4.38. The van der Waals surface area contributed by atoms with Crippen LogP contribution in [0.25, 0.3) is 0 Å². The molecule has 4 heteroatoms. The Morgan fingerprint density at radius 3 is 3.00 bits per heavy atom. The summed E-state index contributed by atoms with van der Waals surface area (Å²) in [7, 11) is 1.60. The van der Waals surface area contributed by atoms with Crippen molar-refractivity contribution in [1.29, 1.82) is 0 Å². The second-order valence-corrected chi connectivity index (χ2v) is 4.38. The van der Waals surface area contributed by atoms with Gasteiger partial charge in [0.25, 0.3) is 0 Å². The van der Waals surface area contributed by atoms with Crippen LogP contribution in [0.15, 0.2) is 36.7 Å². The molecule has 0 N–H and O–H groups in total. The van der Waals surface area contributed by atoms with Crippen molar-refractivity contribution in [3.63, 3.8) is 0 Å². The summed E-state index contributed by atoms with van der Waals surface area (Å²) in [6.45, 7) is 2.42. The smallest absolute Gasteiger partial charge is 0.182 e. The van der Waals surface area contributed by atoms with E-state index in [1.54, 1.807) is 25.4 Å². The summed E-state index contributed by atoms with van der Waals surface area (Å²) < 4.78 is 7.04. The van der Waals surface area contributed by atoms with Gasteiger partial charge in [-0.3, -0.25) is 4.79 Å². The zero-order valence-electron chi connectivity index (χ0n) is 11.3. The third kappa shape index (κ3) is 3.22. The lowest BCUT2D eigenvalue weighted by Crippen LogP contribution is -2.12. The van der Waals surface area contributed by atoms with Crippen molar-refractivity contribution in [2.24, 2.45) is 0 Å². The highest BCUT2D eigenvalue weighted by Gasteiger charge is 2.10. The van der Waals surface area contributed by atoms with Gasteiger partial charge in [-0.05, 0) is 18.6 Å². The third-order valence-corrected chi connectivity index (χ3v) is 2.98. The molecule has 0 saturated carbocycles. The summed E-state index contributed by atoms with van der Waals surface area (Å²) in [5.41, 5.74) is 0.662. The number of aryl methyl sites for hydroxylation is 1. The first-order valence-electron chi connectivity index (χ1n) is 6.42. The molecule has 1 aromatic heterocycles. The fraction of sp³-hybridized carbons (Fsp3) is 0.333. The molecule has 0 aliphatic heterocycles. The van der Waals surface area contributed by atoms with Crippen molar-refractivity contribution in [2.75, 3.05) is 7.11 Å². The van der Waals surface area contributed by atoms with Crippen molar-refractivity contribution in [2.45, 2.75) is 26.3 Å². The zero-order valence-corrected chi connectivity index (χ0v) is 11.3. The number of carbonyl (C=O) groups excluding carboxylic acids is 1. The lowest BCUT2D eigenvalue weighted by Gasteiger charge is -2.07. The largest absolute Gasteiger partial charge is 0.497 e. The van der Waals surface area contributed by atoms with Crippen molar-refractivity contribution in [1.82, 2.24) is 9.55 Å². The fourth-order valence-electron chi connectivity index (χ4n) is 1.98. The van der Waals surface area contributed by atoms with Gasteiger partial charge in [0.2, 0.25) is 0 Å². The Balaban J connectivity index is 2.13. The Bertz CT molecular complexity index is 561. The molecule has 0 aliphatic rings. The van der Waals surface area contributed by atoms with Gasteiger partial charge in [0.15, 0.2) is 5.78 Å². The molecule has 0 radical (unpaired) electrons. The highest BCUT2D eigenvalue weighted by Crippen LogP contribution is 2.14. The van der Waals surface area contributed by atoms with Gasteiger partial charge in [-0.25, -0.2) is 4.98 Å². The number of methoxy groups -OCH3 is 1. The molecule has 0 fully saturated rings. The second kappa shape index (κ2) is 6.18. The van der Waals surface area contributed by atoms with Gasteiger partial charge in [-0.2, -0.15) is 0 Å². The number of Topliss-reactive ketones (excluding diaryl/α,β-unsaturated/α-hetero) is 1. The number of hydrogen-bond donors (Lipinski definition) is 0. The lowest BCUT2D eigenvalue weighted by atomic mass is 10.1. The number of aromatic nitrogens is 2. The lowest BCUT2D eigenvalue weighted by molar-refractivity contribution is 0.0970. The summed E-state index contributed by atoms with van der Waals surface area (Å²) in [5.74, 6) is 1.72. The minimum atomic E-state index is 0.0641. The van der Waals surface area contributed by atoms with Crippen molar-refractivity contribution in [3.05, 3.63) is 48.0 Å². The molecule has 2 rings (SSSR count). The Labute approximate surface area is 113 Å². The molecule has 0 atom stereocenters. The summed E-state index contributed by atoms with van der Waals surface area (Å²) in [6.07, 6.45) is 5.50. The topological polar surface area (TPSA) is 44.1 Å². The van der Waals surface area contributed by atoms with Crippen molar-refractivity contribution in [3.8, 4) is 5.75 Å². The quantitative estimate of drug-likeness (QED) is 0.748. The molecule has 0 saturated heterocycles. The molecule has 100 valence electrons. The van der Waals surface area contributed by atoms with Crippen LogP contribution in [0, 0.1) is 0 Å². The van der Waals surface area contributed by atoms with Gasteiger partial charge in [-0.1, -0.05) is 19.1 Å². The number of ketones is 1. The molecule has 0 amide bonds. The monoisotopic (exact) mass is 258 g/mol. The van der Waals surface area contributed by atoms with Gasteiger partial charge >= 0.3 is 0 Å². The summed E-state index contributed by atoms with van der Waals surface area (Å²) >= 11 is 0. The van der Waals surface area contributed by atoms with E-state index in [-0.39, 0.29) is 5.78 Å². The van der Waals surface area contributed by atoms with E-state index in [9.17, 15) is 4.79 Å². The van der Waals surface area contributed by atoms with Gasteiger partial charge in [0.05, 0.1) is 13.7 Å².